The predicted octanol–water partition coefficient (Wildman–Crippen LogP) is 2.92. The van der Waals surface area contributed by atoms with Crippen molar-refractivity contribution >= 4 is 23.2 Å². The lowest BCUT2D eigenvalue weighted by Crippen LogP contribution is -2.27. The Bertz CT molecular complexity index is 551. The summed E-state index contributed by atoms with van der Waals surface area (Å²) in [6, 6.07) is 4.28. The van der Waals surface area contributed by atoms with E-state index in [0.29, 0.717) is 17.0 Å². The molecule has 2 heterocycles. The van der Waals surface area contributed by atoms with Crippen LogP contribution in [0, 0.1) is 0 Å². The van der Waals surface area contributed by atoms with Crippen molar-refractivity contribution in [1.82, 2.24) is 19.5 Å². The van der Waals surface area contributed by atoms with Crippen LogP contribution in [0.25, 0.3) is 5.65 Å². The van der Waals surface area contributed by atoms with Crippen molar-refractivity contribution in [2.75, 3.05) is 25.5 Å². The summed E-state index contributed by atoms with van der Waals surface area (Å²) in [5.74, 6) is 0.657. The number of hydrogen-bond acceptors (Lipinski definition) is 4. The third kappa shape index (κ3) is 4.08. The highest BCUT2D eigenvalue weighted by Gasteiger charge is 2.04. The summed E-state index contributed by atoms with van der Waals surface area (Å²) in [6.45, 7) is 6.43. The number of hydrogen-bond donors (Lipinski definition) is 1. The Morgan fingerprint density at radius 1 is 1.35 bits per heavy atom. The van der Waals surface area contributed by atoms with E-state index in [2.05, 4.69) is 41.2 Å². The van der Waals surface area contributed by atoms with E-state index in [4.69, 9.17) is 11.6 Å². The second-order valence-corrected chi connectivity index (χ2v) is 5.73. The molecule has 0 aromatic carbocycles. The molecule has 0 aliphatic carbocycles. The Kier molecular flexibility index (Phi) is 5.20. The van der Waals surface area contributed by atoms with E-state index < -0.39 is 0 Å². The highest BCUT2D eigenvalue weighted by atomic mass is 35.5. The van der Waals surface area contributed by atoms with Gasteiger partial charge in [-0.1, -0.05) is 11.6 Å². The molecule has 5 nitrogen and oxygen atoms in total. The summed E-state index contributed by atoms with van der Waals surface area (Å²) in [7, 11) is 2.16. The van der Waals surface area contributed by atoms with Crippen LogP contribution in [0.4, 0.5) is 5.95 Å². The second kappa shape index (κ2) is 6.90. The van der Waals surface area contributed by atoms with Crippen LogP contribution >= 0.6 is 11.6 Å². The number of anilines is 1. The molecule has 2 aromatic heterocycles. The fourth-order valence-corrected chi connectivity index (χ4v) is 2.03. The Hall–Kier alpha value is -1.33. The molecule has 110 valence electrons. The first-order valence-corrected chi connectivity index (χ1v) is 7.40. The highest BCUT2D eigenvalue weighted by Crippen LogP contribution is 2.11. The fraction of sp³-hybridized carbons (Fsp3) is 0.571. The van der Waals surface area contributed by atoms with Crippen molar-refractivity contribution in [3.05, 3.63) is 23.4 Å². The molecule has 0 aliphatic rings. The first-order valence-electron chi connectivity index (χ1n) is 7.02. The minimum atomic E-state index is 0.604. The van der Waals surface area contributed by atoms with Gasteiger partial charge in [0.1, 0.15) is 0 Å². The standard InChI is InChI=1S/C14H22ClN5/c1-11(2)19(3)9-5-4-8-16-14-17-13-7-6-12(15)10-20(13)18-14/h6-7,10-11H,4-5,8-9H2,1-3H3,(H,16,18). The van der Waals surface area contributed by atoms with Crippen molar-refractivity contribution in [2.24, 2.45) is 0 Å². The van der Waals surface area contributed by atoms with Crippen LogP contribution in [0.15, 0.2) is 18.3 Å². The summed E-state index contributed by atoms with van der Waals surface area (Å²) in [5, 5.41) is 8.24. The zero-order valence-electron chi connectivity index (χ0n) is 12.3. The third-order valence-corrected chi connectivity index (χ3v) is 3.62. The molecule has 0 fully saturated rings. The Morgan fingerprint density at radius 3 is 2.90 bits per heavy atom. The monoisotopic (exact) mass is 295 g/mol. The van der Waals surface area contributed by atoms with Crippen molar-refractivity contribution in [2.45, 2.75) is 32.7 Å². The van der Waals surface area contributed by atoms with E-state index in [1.807, 2.05) is 12.1 Å². The number of unbranched alkanes of at least 4 members (excludes halogenated alkanes) is 1. The molecule has 6 heteroatoms. The van der Waals surface area contributed by atoms with E-state index in [9.17, 15) is 0 Å². The van der Waals surface area contributed by atoms with E-state index in [-0.39, 0.29) is 0 Å². The molecule has 2 aromatic rings. The summed E-state index contributed by atoms with van der Waals surface area (Å²) >= 11 is 5.91. The lowest BCUT2D eigenvalue weighted by Gasteiger charge is -2.20. The smallest absolute Gasteiger partial charge is 0.243 e. The molecule has 0 saturated carbocycles. The predicted molar refractivity (Wildman–Crippen MR) is 83.5 cm³/mol. The zero-order chi connectivity index (χ0) is 14.5. The number of pyridine rings is 1. The number of aromatic nitrogens is 3. The van der Waals surface area contributed by atoms with Gasteiger partial charge in [-0.15, -0.1) is 5.10 Å². The number of rotatable bonds is 7. The van der Waals surface area contributed by atoms with E-state index >= 15 is 0 Å². The maximum absolute atomic E-state index is 5.91. The molecule has 0 radical (unpaired) electrons. The molecule has 1 N–H and O–H groups in total. The van der Waals surface area contributed by atoms with Crippen LogP contribution in [0.3, 0.4) is 0 Å². The summed E-state index contributed by atoms with van der Waals surface area (Å²) in [5.41, 5.74) is 0.802. The molecule has 0 bridgehead atoms. The number of fused-ring (bicyclic) bond motifs is 1. The Labute approximate surface area is 124 Å². The Balaban J connectivity index is 1.76. The van der Waals surface area contributed by atoms with E-state index in [0.717, 1.165) is 25.2 Å². The van der Waals surface area contributed by atoms with Crippen LogP contribution in [-0.2, 0) is 0 Å². The van der Waals surface area contributed by atoms with Crippen molar-refractivity contribution in [3.63, 3.8) is 0 Å². The quantitative estimate of drug-likeness (QED) is 0.798. The first-order chi connectivity index (χ1) is 9.56. The fourth-order valence-electron chi connectivity index (χ4n) is 1.88. The van der Waals surface area contributed by atoms with Crippen LogP contribution in [0.5, 0.6) is 0 Å². The summed E-state index contributed by atoms with van der Waals surface area (Å²) < 4.78 is 1.69. The molecular weight excluding hydrogens is 274 g/mol. The number of nitrogens with zero attached hydrogens (tertiary/aromatic N) is 4. The van der Waals surface area contributed by atoms with Gasteiger partial charge in [-0.3, -0.25) is 0 Å². The van der Waals surface area contributed by atoms with Gasteiger partial charge in [0.25, 0.3) is 0 Å². The molecule has 2 rings (SSSR count). The minimum Gasteiger partial charge on any atom is -0.353 e. The van der Waals surface area contributed by atoms with Crippen LogP contribution in [0.1, 0.15) is 26.7 Å². The zero-order valence-corrected chi connectivity index (χ0v) is 13.1. The van der Waals surface area contributed by atoms with Gasteiger partial charge in [0.2, 0.25) is 5.95 Å². The topological polar surface area (TPSA) is 45.5 Å². The number of halogens is 1. The highest BCUT2D eigenvalue weighted by molar-refractivity contribution is 6.30. The van der Waals surface area contributed by atoms with Gasteiger partial charge in [0.05, 0.1) is 5.02 Å². The SMILES string of the molecule is CC(C)N(C)CCCCNc1nc2ccc(Cl)cn2n1. The van der Waals surface area contributed by atoms with Gasteiger partial charge < -0.3 is 10.2 Å². The van der Waals surface area contributed by atoms with Crippen molar-refractivity contribution in [3.8, 4) is 0 Å². The molecule has 0 amide bonds. The molecule has 0 aliphatic heterocycles. The molecule has 0 atom stereocenters. The maximum Gasteiger partial charge on any atom is 0.243 e. The third-order valence-electron chi connectivity index (χ3n) is 3.40. The average Bonchev–Trinajstić information content (AvgIpc) is 2.79. The first kappa shape index (κ1) is 15.1. The van der Waals surface area contributed by atoms with Gasteiger partial charge >= 0.3 is 0 Å². The largest absolute Gasteiger partial charge is 0.353 e. The molecule has 0 spiro atoms. The van der Waals surface area contributed by atoms with E-state index in [1.54, 1.807) is 10.7 Å². The van der Waals surface area contributed by atoms with Gasteiger partial charge in [0, 0.05) is 18.8 Å². The van der Waals surface area contributed by atoms with Crippen molar-refractivity contribution < 1.29 is 0 Å². The maximum atomic E-state index is 5.91. The van der Waals surface area contributed by atoms with Gasteiger partial charge in [0.15, 0.2) is 5.65 Å². The molecule has 20 heavy (non-hydrogen) atoms. The molecule has 0 unspecified atom stereocenters. The lowest BCUT2D eigenvalue weighted by molar-refractivity contribution is 0.269. The van der Waals surface area contributed by atoms with Crippen LogP contribution in [0.2, 0.25) is 5.02 Å². The number of nitrogens with one attached hydrogen (secondary N) is 1. The molecule has 0 saturated heterocycles. The van der Waals surface area contributed by atoms with Gasteiger partial charge in [-0.25, -0.2) is 4.52 Å². The Morgan fingerprint density at radius 2 is 2.15 bits per heavy atom. The molecular formula is C14H22ClN5. The van der Waals surface area contributed by atoms with Gasteiger partial charge in [-0.05, 0) is 52.4 Å². The van der Waals surface area contributed by atoms with Gasteiger partial charge in [-0.2, -0.15) is 4.98 Å². The normalized spacial score (nSPS) is 11.7. The average molecular weight is 296 g/mol. The van der Waals surface area contributed by atoms with E-state index in [1.165, 1.54) is 6.42 Å². The lowest BCUT2D eigenvalue weighted by atomic mass is 10.2. The van der Waals surface area contributed by atoms with Crippen LogP contribution in [-0.4, -0.2) is 45.7 Å². The van der Waals surface area contributed by atoms with Crippen LogP contribution < -0.4 is 5.32 Å². The summed E-state index contributed by atoms with van der Waals surface area (Å²) in [4.78, 5) is 6.74. The summed E-state index contributed by atoms with van der Waals surface area (Å²) in [6.07, 6.45) is 4.03. The minimum absolute atomic E-state index is 0.604. The van der Waals surface area contributed by atoms with Crippen molar-refractivity contribution in [1.29, 1.82) is 0 Å². The second-order valence-electron chi connectivity index (χ2n) is 5.29.